The number of nitrogens with zero attached hydrogens (tertiary/aromatic N) is 3. The van der Waals surface area contributed by atoms with Gasteiger partial charge in [0.1, 0.15) is 5.75 Å². The van der Waals surface area contributed by atoms with Gasteiger partial charge in [0.25, 0.3) is 0 Å². The molecule has 4 rings (SSSR count). The van der Waals surface area contributed by atoms with E-state index in [0.29, 0.717) is 35.8 Å². The maximum atomic E-state index is 6.02. The summed E-state index contributed by atoms with van der Waals surface area (Å²) in [6, 6.07) is 15.5. The van der Waals surface area contributed by atoms with E-state index in [1.807, 2.05) is 30.3 Å². The molecule has 1 unspecified atom stereocenters. The van der Waals surface area contributed by atoms with Crippen LogP contribution in [0.2, 0.25) is 5.02 Å². The van der Waals surface area contributed by atoms with Crippen LogP contribution in [0.3, 0.4) is 0 Å². The molecule has 0 fully saturated rings. The Bertz CT molecular complexity index is 994. The van der Waals surface area contributed by atoms with E-state index in [2.05, 4.69) is 31.8 Å². The lowest BCUT2D eigenvalue weighted by Gasteiger charge is -2.27. The number of ether oxygens (including phenoxy) is 1. The Balaban J connectivity index is 0.00000240. The molecular weight excluding hydrogens is 505 g/mol. The van der Waals surface area contributed by atoms with Crippen LogP contribution < -0.4 is 15.4 Å². The van der Waals surface area contributed by atoms with Crippen LogP contribution in [0.4, 0.5) is 0 Å². The molecule has 2 aromatic carbocycles. The molecule has 2 heterocycles. The number of fused-ring (bicyclic) bond motifs is 1. The van der Waals surface area contributed by atoms with E-state index in [4.69, 9.17) is 20.9 Å². The molecule has 9 heteroatoms. The first-order valence-electron chi connectivity index (χ1n) is 9.00. The van der Waals surface area contributed by atoms with Crippen LogP contribution in [0.25, 0.3) is 11.4 Å². The Morgan fingerprint density at radius 2 is 2.10 bits per heavy atom. The summed E-state index contributed by atoms with van der Waals surface area (Å²) in [5.74, 6) is 2.53. The largest absolute Gasteiger partial charge is 0.493 e. The van der Waals surface area contributed by atoms with E-state index in [1.165, 1.54) is 0 Å². The highest BCUT2D eigenvalue weighted by Gasteiger charge is 2.22. The number of aromatic nitrogens is 2. The minimum Gasteiger partial charge on any atom is -0.493 e. The van der Waals surface area contributed by atoms with Crippen LogP contribution in [0.5, 0.6) is 5.75 Å². The topological polar surface area (TPSA) is 84.6 Å². The standard InChI is InChI=1S/C20H20ClN5O2.HI/c1-22-20(24-16-9-10-27-17-8-3-2-7-15(16)17)23-12-18-25-19(26-28-18)13-5-4-6-14(21)11-13;/h2-8,11,16H,9-10,12H2,1H3,(H2,22,23,24);1H. The third kappa shape index (κ3) is 5.18. The average Bonchev–Trinajstić information content (AvgIpc) is 3.20. The summed E-state index contributed by atoms with van der Waals surface area (Å²) in [6.45, 7) is 1.02. The van der Waals surface area contributed by atoms with Crippen molar-refractivity contribution in [2.24, 2.45) is 4.99 Å². The van der Waals surface area contributed by atoms with Crippen molar-refractivity contribution in [2.75, 3.05) is 13.7 Å². The van der Waals surface area contributed by atoms with Crippen LogP contribution in [0.15, 0.2) is 58.0 Å². The molecule has 1 atom stereocenters. The lowest BCUT2D eigenvalue weighted by molar-refractivity contribution is 0.261. The Hall–Kier alpha value is -2.33. The summed E-state index contributed by atoms with van der Waals surface area (Å²) < 4.78 is 11.0. The van der Waals surface area contributed by atoms with E-state index in [9.17, 15) is 0 Å². The van der Waals surface area contributed by atoms with Crippen molar-refractivity contribution in [1.29, 1.82) is 0 Å². The molecule has 0 amide bonds. The summed E-state index contributed by atoms with van der Waals surface area (Å²) in [6.07, 6.45) is 0.858. The second-order valence-electron chi connectivity index (χ2n) is 6.32. The zero-order valence-electron chi connectivity index (χ0n) is 15.8. The first kappa shape index (κ1) is 21.4. The summed E-state index contributed by atoms with van der Waals surface area (Å²) in [4.78, 5) is 8.70. The van der Waals surface area contributed by atoms with Gasteiger partial charge in [0, 0.05) is 29.6 Å². The molecule has 3 aromatic rings. The number of para-hydroxylation sites is 1. The summed E-state index contributed by atoms with van der Waals surface area (Å²) in [7, 11) is 1.73. The molecule has 0 saturated heterocycles. The summed E-state index contributed by atoms with van der Waals surface area (Å²) in [5, 5.41) is 11.3. The lowest BCUT2D eigenvalue weighted by Crippen LogP contribution is -2.40. The predicted molar refractivity (Wildman–Crippen MR) is 123 cm³/mol. The van der Waals surface area contributed by atoms with Crippen molar-refractivity contribution in [3.63, 3.8) is 0 Å². The molecule has 0 bridgehead atoms. The molecule has 7 nitrogen and oxygen atoms in total. The van der Waals surface area contributed by atoms with E-state index in [0.717, 1.165) is 23.3 Å². The number of halogens is 2. The van der Waals surface area contributed by atoms with Crippen LogP contribution >= 0.6 is 35.6 Å². The van der Waals surface area contributed by atoms with Gasteiger partial charge in [-0.25, -0.2) is 0 Å². The molecule has 0 spiro atoms. The maximum absolute atomic E-state index is 6.02. The van der Waals surface area contributed by atoms with Crippen LogP contribution in [0, 0.1) is 0 Å². The van der Waals surface area contributed by atoms with Gasteiger partial charge in [0.15, 0.2) is 5.96 Å². The van der Waals surface area contributed by atoms with Gasteiger partial charge in [0.2, 0.25) is 11.7 Å². The molecule has 29 heavy (non-hydrogen) atoms. The van der Waals surface area contributed by atoms with Crippen molar-refractivity contribution >= 4 is 41.5 Å². The lowest BCUT2D eigenvalue weighted by atomic mass is 10.0. The molecule has 0 radical (unpaired) electrons. The number of rotatable bonds is 4. The fourth-order valence-corrected chi connectivity index (χ4v) is 3.27. The van der Waals surface area contributed by atoms with Gasteiger partial charge in [-0.05, 0) is 18.2 Å². The first-order chi connectivity index (χ1) is 13.7. The SMILES string of the molecule is CN=C(NCc1nc(-c2cccc(Cl)c2)no1)NC1CCOc2ccccc21.I. The Labute approximate surface area is 190 Å². The van der Waals surface area contributed by atoms with E-state index in [-0.39, 0.29) is 30.0 Å². The third-order valence-corrected chi connectivity index (χ3v) is 4.69. The Morgan fingerprint density at radius 1 is 1.24 bits per heavy atom. The second-order valence-corrected chi connectivity index (χ2v) is 6.76. The van der Waals surface area contributed by atoms with Crippen molar-refractivity contribution in [2.45, 2.75) is 19.0 Å². The van der Waals surface area contributed by atoms with E-state index >= 15 is 0 Å². The monoisotopic (exact) mass is 525 g/mol. The van der Waals surface area contributed by atoms with Crippen molar-refractivity contribution in [1.82, 2.24) is 20.8 Å². The van der Waals surface area contributed by atoms with Crippen LogP contribution in [0.1, 0.15) is 23.9 Å². The molecule has 1 aromatic heterocycles. The van der Waals surface area contributed by atoms with Crippen molar-refractivity contribution in [3.8, 4) is 17.1 Å². The first-order valence-corrected chi connectivity index (χ1v) is 9.38. The van der Waals surface area contributed by atoms with Gasteiger partial charge in [-0.1, -0.05) is 47.1 Å². The average molecular weight is 526 g/mol. The number of aliphatic imine (C=N–C) groups is 1. The predicted octanol–water partition coefficient (Wildman–Crippen LogP) is 4.20. The number of hydrogen-bond acceptors (Lipinski definition) is 5. The number of guanidine groups is 1. The Morgan fingerprint density at radius 3 is 2.93 bits per heavy atom. The zero-order valence-corrected chi connectivity index (χ0v) is 18.8. The fourth-order valence-electron chi connectivity index (χ4n) is 3.08. The molecule has 2 N–H and O–H groups in total. The van der Waals surface area contributed by atoms with Gasteiger partial charge in [-0.15, -0.1) is 24.0 Å². The van der Waals surface area contributed by atoms with Gasteiger partial charge in [-0.3, -0.25) is 4.99 Å². The molecule has 0 aliphatic carbocycles. The third-order valence-electron chi connectivity index (χ3n) is 4.45. The van der Waals surface area contributed by atoms with Gasteiger partial charge < -0.3 is 19.9 Å². The molecule has 1 aliphatic rings. The quantitative estimate of drug-likeness (QED) is 0.302. The molecule has 0 saturated carbocycles. The normalized spacial score (nSPS) is 15.7. The number of benzene rings is 2. The number of hydrogen-bond donors (Lipinski definition) is 2. The van der Waals surface area contributed by atoms with E-state index in [1.54, 1.807) is 19.2 Å². The minimum absolute atomic E-state index is 0. The fraction of sp³-hybridized carbons (Fsp3) is 0.250. The minimum atomic E-state index is 0. The molecule has 152 valence electrons. The smallest absolute Gasteiger partial charge is 0.246 e. The zero-order chi connectivity index (χ0) is 19.3. The van der Waals surface area contributed by atoms with Crippen molar-refractivity contribution in [3.05, 3.63) is 65.0 Å². The van der Waals surface area contributed by atoms with Crippen molar-refractivity contribution < 1.29 is 9.26 Å². The van der Waals surface area contributed by atoms with Gasteiger partial charge >= 0.3 is 0 Å². The second kappa shape index (κ2) is 9.93. The maximum Gasteiger partial charge on any atom is 0.246 e. The highest BCUT2D eigenvalue weighted by atomic mass is 127. The summed E-state index contributed by atoms with van der Waals surface area (Å²) in [5.41, 5.74) is 1.93. The van der Waals surface area contributed by atoms with Crippen LogP contribution in [-0.2, 0) is 6.54 Å². The highest BCUT2D eigenvalue weighted by Crippen LogP contribution is 2.31. The highest BCUT2D eigenvalue weighted by molar-refractivity contribution is 14.0. The summed E-state index contributed by atoms with van der Waals surface area (Å²) >= 11 is 6.02. The Kier molecular flexibility index (Phi) is 7.32. The van der Waals surface area contributed by atoms with Crippen LogP contribution in [-0.4, -0.2) is 29.8 Å². The molecular formula is C20H21ClIN5O2. The number of nitrogens with one attached hydrogen (secondary N) is 2. The van der Waals surface area contributed by atoms with Gasteiger partial charge in [-0.2, -0.15) is 4.98 Å². The van der Waals surface area contributed by atoms with Gasteiger partial charge in [0.05, 0.1) is 19.2 Å². The molecule has 1 aliphatic heterocycles. The van der Waals surface area contributed by atoms with E-state index < -0.39 is 0 Å².